The molecule has 1 fully saturated rings. The number of rotatable bonds is 4. The normalized spacial score (nSPS) is 16.5. The summed E-state index contributed by atoms with van der Waals surface area (Å²) in [6.07, 6.45) is -3.74. The molecule has 130 valence electrons. The van der Waals surface area contributed by atoms with E-state index in [2.05, 4.69) is 14.9 Å². The maximum absolute atomic E-state index is 12.9. The van der Waals surface area contributed by atoms with Crippen LogP contribution in [0.3, 0.4) is 0 Å². The molecular weight excluding hydrogens is 327 g/mol. The zero-order chi connectivity index (χ0) is 17.2. The standard InChI is InChI=1S/C15H16F3N3O3/c16-15(17,18)9-21(11-3-5-23-6-4-11)14(22)8-10-1-2-12-13(7-10)20-24-19-12/h1-2,7,11H,3-6,8-9H2. The number of amides is 1. The maximum atomic E-state index is 12.9. The molecule has 1 aromatic carbocycles. The van der Waals surface area contributed by atoms with E-state index in [-0.39, 0.29) is 6.42 Å². The predicted octanol–water partition coefficient (Wildman–Crippen LogP) is 2.34. The Labute approximate surface area is 135 Å². The van der Waals surface area contributed by atoms with Crippen molar-refractivity contribution in [3.05, 3.63) is 23.8 Å². The Balaban J connectivity index is 1.76. The molecule has 0 radical (unpaired) electrons. The Bertz CT molecular complexity index is 711. The molecular formula is C15H16F3N3O3. The van der Waals surface area contributed by atoms with Gasteiger partial charge in [0, 0.05) is 19.3 Å². The summed E-state index contributed by atoms with van der Waals surface area (Å²) in [6, 6.07) is 4.40. The molecule has 6 nitrogen and oxygen atoms in total. The Morgan fingerprint density at radius 3 is 2.62 bits per heavy atom. The zero-order valence-electron chi connectivity index (χ0n) is 12.8. The number of hydrogen-bond donors (Lipinski definition) is 0. The van der Waals surface area contributed by atoms with E-state index in [0.29, 0.717) is 42.7 Å². The van der Waals surface area contributed by atoms with E-state index in [0.717, 1.165) is 4.90 Å². The summed E-state index contributed by atoms with van der Waals surface area (Å²) in [5.41, 5.74) is 1.57. The summed E-state index contributed by atoms with van der Waals surface area (Å²) in [6.45, 7) is -0.518. The van der Waals surface area contributed by atoms with Crippen molar-refractivity contribution in [3.63, 3.8) is 0 Å². The molecule has 2 heterocycles. The fourth-order valence-corrected chi connectivity index (χ4v) is 2.82. The third-order valence-electron chi connectivity index (χ3n) is 3.98. The summed E-state index contributed by atoms with van der Waals surface area (Å²) in [5.74, 6) is -0.560. The van der Waals surface area contributed by atoms with E-state index in [1.807, 2.05) is 0 Å². The largest absolute Gasteiger partial charge is 0.406 e. The van der Waals surface area contributed by atoms with Crippen LogP contribution in [0.25, 0.3) is 11.0 Å². The van der Waals surface area contributed by atoms with Crippen LogP contribution in [-0.2, 0) is 16.0 Å². The Hall–Kier alpha value is -2.16. The molecule has 0 atom stereocenters. The number of nitrogens with zero attached hydrogens (tertiary/aromatic N) is 3. The Kier molecular flexibility index (Phi) is 4.70. The fourth-order valence-electron chi connectivity index (χ4n) is 2.82. The third kappa shape index (κ3) is 4.02. The molecule has 0 spiro atoms. The fraction of sp³-hybridized carbons (Fsp3) is 0.533. The predicted molar refractivity (Wildman–Crippen MR) is 77.1 cm³/mol. The highest BCUT2D eigenvalue weighted by Crippen LogP contribution is 2.23. The van der Waals surface area contributed by atoms with Gasteiger partial charge in [0.25, 0.3) is 0 Å². The minimum absolute atomic E-state index is 0.129. The number of aromatic nitrogens is 2. The third-order valence-corrected chi connectivity index (χ3v) is 3.98. The van der Waals surface area contributed by atoms with Crippen LogP contribution in [0, 0.1) is 0 Å². The van der Waals surface area contributed by atoms with Gasteiger partial charge in [0.1, 0.15) is 17.6 Å². The molecule has 0 unspecified atom stereocenters. The van der Waals surface area contributed by atoms with Gasteiger partial charge in [-0.3, -0.25) is 4.79 Å². The quantitative estimate of drug-likeness (QED) is 0.852. The summed E-state index contributed by atoms with van der Waals surface area (Å²) in [4.78, 5) is 13.4. The van der Waals surface area contributed by atoms with Gasteiger partial charge < -0.3 is 9.64 Å². The van der Waals surface area contributed by atoms with E-state index < -0.39 is 24.7 Å². The summed E-state index contributed by atoms with van der Waals surface area (Å²) in [5, 5.41) is 7.33. The van der Waals surface area contributed by atoms with Crippen LogP contribution in [-0.4, -0.2) is 53.1 Å². The van der Waals surface area contributed by atoms with E-state index in [1.165, 1.54) is 0 Å². The molecule has 24 heavy (non-hydrogen) atoms. The minimum atomic E-state index is -4.44. The molecule has 0 bridgehead atoms. The molecule has 1 amide bonds. The summed E-state index contributed by atoms with van der Waals surface area (Å²) in [7, 11) is 0. The average Bonchev–Trinajstić information content (AvgIpc) is 3.00. The van der Waals surface area contributed by atoms with Crippen LogP contribution < -0.4 is 0 Å². The number of hydrogen-bond acceptors (Lipinski definition) is 5. The number of benzene rings is 1. The smallest absolute Gasteiger partial charge is 0.381 e. The molecule has 0 saturated carbocycles. The van der Waals surface area contributed by atoms with Gasteiger partial charge in [-0.1, -0.05) is 6.07 Å². The highest BCUT2D eigenvalue weighted by molar-refractivity contribution is 5.81. The first-order valence-electron chi connectivity index (χ1n) is 7.57. The van der Waals surface area contributed by atoms with Crippen molar-refractivity contribution in [2.45, 2.75) is 31.5 Å². The second kappa shape index (κ2) is 6.76. The van der Waals surface area contributed by atoms with Crippen LogP contribution in [0.1, 0.15) is 18.4 Å². The lowest BCUT2D eigenvalue weighted by Gasteiger charge is -2.35. The van der Waals surface area contributed by atoms with E-state index >= 15 is 0 Å². The van der Waals surface area contributed by atoms with Crippen LogP contribution in [0.2, 0.25) is 0 Å². The lowest BCUT2D eigenvalue weighted by Crippen LogP contribution is -2.48. The van der Waals surface area contributed by atoms with Crippen LogP contribution in [0.5, 0.6) is 0 Å². The molecule has 1 saturated heterocycles. The van der Waals surface area contributed by atoms with Gasteiger partial charge in [0.2, 0.25) is 5.91 Å². The molecule has 2 aromatic rings. The van der Waals surface area contributed by atoms with E-state index in [4.69, 9.17) is 4.74 Å². The molecule has 3 rings (SSSR count). The van der Waals surface area contributed by atoms with Crippen molar-refractivity contribution in [1.82, 2.24) is 15.2 Å². The second-order valence-electron chi connectivity index (χ2n) is 5.74. The van der Waals surface area contributed by atoms with Crippen LogP contribution in [0.4, 0.5) is 13.2 Å². The van der Waals surface area contributed by atoms with Gasteiger partial charge in [-0.2, -0.15) is 13.2 Å². The van der Waals surface area contributed by atoms with Gasteiger partial charge in [-0.25, -0.2) is 4.63 Å². The number of alkyl halides is 3. The van der Waals surface area contributed by atoms with Crippen LogP contribution in [0.15, 0.2) is 22.8 Å². The van der Waals surface area contributed by atoms with Gasteiger partial charge >= 0.3 is 6.18 Å². The molecule has 0 aliphatic carbocycles. The first-order valence-corrected chi connectivity index (χ1v) is 7.57. The second-order valence-corrected chi connectivity index (χ2v) is 5.74. The number of fused-ring (bicyclic) bond motifs is 1. The molecule has 1 aromatic heterocycles. The first kappa shape index (κ1) is 16.7. The first-order chi connectivity index (χ1) is 11.4. The molecule has 1 aliphatic rings. The zero-order valence-corrected chi connectivity index (χ0v) is 12.8. The molecule has 0 N–H and O–H groups in total. The van der Waals surface area contributed by atoms with Gasteiger partial charge in [0.15, 0.2) is 0 Å². The average molecular weight is 343 g/mol. The van der Waals surface area contributed by atoms with Gasteiger partial charge in [-0.05, 0) is 40.9 Å². The van der Waals surface area contributed by atoms with Gasteiger partial charge in [-0.15, -0.1) is 0 Å². The lowest BCUT2D eigenvalue weighted by atomic mass is 10.0. The molecule has 1 aliphatic heterocycles. The number of carbonyl (C=O) groups is 1. The van der Waals surface area contributed by atoms with Crippen molar-refractivity contribution in [2.75, 3.05) is 19.8 Å². The summed E-state index contributed by atoms with van der Waals surface area (Å²) < 4.78 is 48.4. The van der Waals surface area contributed by atoms with E-state index in [9.17, 15) is 18.0 Å². The van der Waals surface area contributed by atoms with E-state index in [1.54, 1.807) is 18.2 Å². The van der Waals surface area contributed by atoms with Crippen molar-refractivity contribution < 1.29 is 27.3 Å². The Morgan fingerprint density at radius 1 is 1.21 bits per heavy atom. The SMILES string of the molecule is O=C(Cc1ccc2nonc2c1)N(CC(F)(F)F)C1CCOCC1. The monoisotopic (exact) mass is 343 g/mol. The topological polar surface area (TPSA) is 68.5 Å². The highest BCUT2D eigenvalue weighted by Gasteiger charge is 2.36. The lowest BCUT2D eigenvalue weighted by molar-refractivity contribution is -0.168. The number of halogens is 3. The maximum Gasteiger partial charge on any atom is 0.406 e. The van der Waals surface area contributed by atoms with Crippen molar-refractivity contribution in [1.29, 1.82) is 0 Å². The summed E-state index contributed by atoms with van der Waals surface area (Å²) >= 11 is 0. The van der Waals surface area contributed by atoms with Gasteiger partial charge in [0.05, 0.1) is 6.42 Å². The van der Waals surface area contributed by atoms with Crippen molar-refractivity contribution in [2.24, 2.45) is 0 Å². The number of carbonyl (C=O) groups excluding carboxylic acids is 1. The number of ether oxygens (including phenoxy) is 1. The molecule has 9 heteroatoms. The Morgan fingerprint density at radius 2 is 1.92 bits per heavy atom. The minimum Gasteiger partial charge on any atom is -0.381 e. The van der Waals surface area contributed by atoms with Crippen molar-refractivity contribution in [3.8, 4) is 0 Å². The van der Waals surface area contributed by atoms with Crippen LogP contribution >= 0.6 is 0 Å². The highest BCUT2D eigenvalue weighted by atomic mass is 19.4. The van der Waals surface area contributed by atoms with Crippen molar-refractivity contribution >= 4 is 16.9 Å².